The highest BCUT2D eigenvalue weighted by atomic mass is 35.5. The summed E-state index contributed by atoms with van der Waals surface area (Å²) < 4.78 is 16.8. The van der Waals surface area contributed by atoms with Crippen molar-refractivity contribution in [2.75, 3.05) is 46.5 Å². The molecule has 1 fully saturated rings. The fraction of sp³-hybridized carbons (Fsp3) is 0.385. The number of nitrogens with zero attached hydrogens (tertiary/aromatic N) is 3. The number of aromatic nitrogens is 1. The molecule has 3 aromatic rings. The molecule has 1 aliphatic heterocycles. The van der Waals surface area contributed by atoms with Crippen LogP contribution in [0.5, 0.6) is 11.5 Å². The van der Waals surface area contributed by atoms with Crippen molar-refractivity contribution in [2.24, 2.45) is 0 Å². The van der Waals surface area contributed by atoms with Crippen LogP contribution in [0.1, 0.15) is 26.6 Å². The van der Waals surface area contributed by atoms with E-state index in [4.69, 9.17) is 25.8 Å². The van der Waals surface area contributed by atoms with E-state index in [-0.39, 0.29) is 19.1 Å². The van der Waals surface area contributed by atoms with Gasteiger partial charge in [0.1, 0.15) is 23.1 Å². The molecule has 1 aromatic heterocycles. The second-order valence-electron chi connectivity index (χ2n) is 8.34. The molecule has 1 N–H and O–H groups in total. The van der Waals surface area contributed by atoms with Crippen molar-refractivity contribution in [2.45, 2.75) is 19.8 Å². The molecule has 10 heteroatoms. The van der Waals surface area contributed by atoms with Crippen LogP contribution in [0.3, 0.4) is 0 Å². The van der Waals surface area contributed by atoms with Crippen molar-refractivity contribution < 1.29 is 24.1 Å². The van der Waals surface area contributed by atoms with Crippen LogP contribution in [0, 0.1) is 0 Å². The van der Waals surface area contributed by atoms with Gasteiger partial charge >= 0.3 is 0 Å². The molecule has 0 spiro atoms. The van der Waals surface area contributed by atoms with E-state index in [0.717, 1.165) is 30.2 Å². The van der Waals surface area contributed by atoms with Crippen molar-refractivity contribution in [3.05, 3.63) is 74.7 Å². The van der Waals surface area contributed by atoms with Crippen LogP contribution >= 0.6 is 22.9 Å². The maximum Gasteiger partial charge on any atom is 0.254 e. The smallest absolute Gasteiger partial charge is 0.254 e. The molecule has 1 aliphatic rings. The quantitative estimate of drug-likeness (QED) is 0.402. The Labute approximate surface area is 220 Å². The van der Waals surface area contributed by atoms with Crippen LogP contribution in [-0.2, 0) is 24.5 Å². The zero-order valence-corrected chi connectivity index (χ0v) is 21.8. The fourth-order valence-corrected chi connectivity index (χ4v) is 4.79. The molecule has 0 aliphatic carbocycles. The Morgan fingerprint density at radius 1 is 1.22 bits per heavy atom. The van der Waals surface area contributed by atoms with Gasteiger partial charge in [-0.05, 0) is 42.5 Å². The topological polar surface area (TPSA) is 84.4 Å². The first-order valence-electron chi connectivity index (χ1n) is 11.7. The van der Waals surface area contributed by atoms with Crippen LogP contribution in [0.4, 0.5) is 0 Å². The molecule has 1 amide bonds. The van der Waals surface area contributed by atoms with Gasteiger partial charge in [-0.15, -0.1) is 11.3 Å². The van der Waals surface area contributed by atoms with Gasteiger partial charge in [0.25, 0.3) is 5.91 Å². The molecule has 0 atom stereocenters. The second kappa shape index (κ2) is 13.0. The van der Waals surface area contributed by atoms with Crippen LogP contribution in [0.15, 0.2) is 47.8 Å². The number of benzene rings is 2. The van der Waals surface area contributed by atoms with Gasteiger partial charge in [0, 0.05) is 54.3 Å². The highest BCUT2D eigenvalue weighted by Gasteiger charge is 2.21. The van der Waals surface area contributed by atoms with Gasteiger partial charge in [0.15, 0.2) is 0 Å². The number of hydrogen-bond acceptors (Lipinski definition) is 8. The molecule has 0 saturated carbocycles. The third-order valence-electron chi connectivity index (χ3n) is 5.91. The molecule has 0 radical (unpaired) electrons. The Morgan fingerprint density at radius 3 is 2.69 bits per heavy atom. The molecule has 0 bridgehead atoms. The number of morpholine rings is 1. The van der Waals surface area contributed by atoms with Crippen molar-refractivity contribution >= 4 is 28.8 Å². The van der Waals surface area contributed by atoms with E-state index in [1.165, 1.54) is 11.3 Å². The minimum Gasteiger partial charge on any atom is -0.497 e. The second-order valence-corrected chi connectivity index (χ2v) is 9.72. The number of rotatable bonds is 11. The van der Waals surface area contributed by atoms with E-state index < -0.39 is 0 Å². The number of amides is 1. The maximum absolute atomic E-state index is 13.6. The molecule has 0 unspecified atom stereocenters. The summed E-state index contributed by atoms with van der Waals surface area (Å²) in [4.78, 5) is 22.0. The van der Waals surface area contributed by atoms with Gasteiger partial charge < -0.3 is 24.2 Å². The number of halogens is 1. The van der Waals surface area contributed by atoms with Crippen molar-refractivity contribution in [3.63, 3.8) is 0 Å². The number of ether oxygens (including phenoxy) is 3. The number of aliphatic hydroxyl groups is 1. The normalized spacial score (nSPS) is 14.0. The Balaban J connectivity index is 1.53. The zero-order chi connectivity index (χ0) is 25.3. The van der Waals surface area contributed by atoms with Gasteiger partial charge in [-0.3, -0.25) is 9.69 Å². The SMILES string of the molecule is COc1ccc(C(=O)N(CCN2CCOCC2)Cc2cc(Cl)ccc2OCc2nc(CO)cs2)cc1. The fourth-order valence-electron chi connectivity index (χ4n) is 3.90. The molecule has 4 rings (SSSR count). The number of thiazole rings is 1. The zero-order valence-electron chi connectivity index (χ0n) is 20.2. The number of carbonyl (C=O) groups is 1. The van der Waals surface area contributed by atoms with E-state index in [2.05, 4.69) is 9.88 Å². The largest absolute Gasteiger partial charge is 0.497 e. The molecule has 36 heavy (non-hydrogen) atoms. The summed E-state index contributed by atoms with van der Waals surface area (Å²) in [7, 11) is 1.60. The average molecular weight is 532 g/mol. The van der Waals surface area contributed by atoms with E-state index in [1.54, 1.807) is 37.4 Å². The first-order valence-corrected chi connectivity index (χ1v) is 13.0. The van der Waals surface area contributed by atoms with Gasteiger partial charge in [0.2, 0.25) is 0 Å². The van der Waals surface area contributed by atoms with Crippen molar-refractivity contribution in [1.82, 2.24) is 14.8 Å². The third kappa shape index (κ3) is 7.18. The molecule has 8 nitrogen and oxygen atoms in total. The summed E-state index contributed by atoms with van der Waals surface area (Å²) in [6, 6.07) is 12.5. The lowest BCUT2D eigenvalue weighted by Gasteiger charge is -2.30. The van der Waals surface area contributed by atoms with Gasteiger partial charge in [0.05, 0.1) is 32.6 Å². The number of methoxy groups -OCH3 is 1. The maximum atomic E-state index is 13.6. The van der Waals surface area contributed by atoms with E-state index >= 15 is 0 Å². The molecular weight excluding hydrogens is 502 g/mol. The number of hydrogen-bond donors (Lipinski definition) is 1. The van der Waals surface area contributed by atoms with Crippen molar-refractivity contribution in [3.8, 4) is 11.5 Å². The lowest BCUT2D eigenvalue weighted by atomic mass is 10.1. The van der Waals surface area contributed by atoms with Gasteiger partial charge in [-0.1, -0.05) is 11.6 Å². The lowest BCUT2D eigenvalue weighted by Crippen LogP contribution is -2.43. The standard InChI is InChI=1S/C26H30ClN3O5S/c1-33-23-5-2-19(3-6-23)26(32)30(9-8-29-10-12-34-13-11-29)15-20-14-21(27)4-7-24(20)35-17-25-28-22(16-31)18-36-25/h2-7,14,18,31H,8-13,15-17H2,1H3. The molecule has 1 saturated heterocycles. The number of carbonyl (C=O) groups excluding carboxylic acids is 1. The molecule has 192 valence electrons. The summed E-state index contributed by atoms with van der Waals surface area (Å²) in [5.74, 6) is 1.26. The Bertz CT molecular complexity index is 1130. The Kier molecular flexibility index (Phi) is 9.54. The van der Waals surface area contributed by atoms with Crippen LogP contribution < -0.4 is 9.47 Å². The Hall–Kier alpha value is -2.69. The first kappa shape index (κ1) is 26.4. The van der Waals surface area contributed by atoms with Crippen LogP contribution in [0.25, 0.3) is 0 Å². The summed E-state index contributed by atoms with van der Waals surface area (Å²) in [5, 5.41) is 12.4. The van der Waals surface area contributed by atoms with Gasteiger partial charge in [-0.2, -0.15) is 0 Å². The highest BCUT2D eigenvalue weighted by molar-refractivity contribution is 7.09. The Morgan fingerprint density at radius 2 is 2.00 bits per heavy atom. The minimum atomic E-state index is -0.103. The third-order valence-corrected chi connectivity index (χ3v) is 7.02. The summed E-state index contributed by atoms with van der Waals surface area (Å²) in [5.41, 5.74) is 2.01. The van der Waals surface area contributed by atoms with E-state index in [1.807, 2.05) is 22.4 Å². The molecular formula is C26H30ClN3O5S. The van der Waals surface area contributed by atoms with E-state index in [9.17, 15) is 9.90 Å². The predicted octanol–water partition coefficient (Wildman–Crippen LogP) is 3.85. The number of aliphatic hydroxyl groups excluding tert-OH is 1. The first-order chi connectivity index (χ1) is 17.6. The lowest BCUT2D eigenvalue weighted by molar-refractivity contribution is 0.0320. The van der Waals surface area contributed by atoms with Crippen LogP contribution in [0.2, 0.25) is 5.02 Å². The molecule has 2 heterocycles. The highest BCUT2D eigenvalue weighted by Crippen LogP contribution is 2.27. The van der Waals surface area contributed by atoms with E-state index in [0.29, 0.717) is 54.1 Å². The average Bonchev–Trinajstić information content (AvgIpc) is 3.39. The minimum absolute atomic E-state index is 0.0793. The predicted molar refractivity (Wildman–Crippen MR) is 139 cm³/mol. The monoisotopic (exact) mass is 531 g/mol. The molecule has 2 aromatic carbocycles. The van der Waals surface area contributed by atoms with Crippen molar-refractivity contribution in [1.29, 1.82) is 0 Å². The van der Waals surface area contributed by atoms with Gasteiger partial charge in [-0.25, -0.2) is 4.98 Å². The summed E-state index contributed by atoms with van der Waals surface area (Å²) in [6.07, 6.45) is 0. The van der Waals surface area contributed by atoms with Crippen LogP contribution in [-0.4, -0.2) is 72.3 Å². The summed E-state index contributed by atoms with van der Waals surface area (Å²) in [6.45, 7) is 4.88. The summed E-state index contributed by atoms with van der Waals surface area (Å²) >= 11 is 7.77.